The van der Waals surface area contributed by atoms with Crippen molar-refractivity contribution >= 4 is 39.7 Å². The van der Waals surface area contributed by atoms with Crippen molar-refractivity contribution < 1.29 is 4.74 Å². The minimum atomic E-state index is -0.381. The first-order valence-corrected chi connectivity index (χ1v) is 10.3. The maximum absolute atomic E-state index is 6.40. The van der Waals surface area contributed by atoms with Gasteiger partial charge in [0.2, 0.25) is 0 Å². The fourth-order valence-corrected chi connectivity index (χ4v) is 4.39. The molecule has 3 heteroatoms. The fourth-order valence-electron chi connectivity index (χ4n) is 4.13. The Kier molecular flexibility index (Phi) is 4.38. The van der Waals surface area contributed by atoms with Crippen LogP contribution in [0.5, 0.6) is 5.75 Å². The Bertz CT molecular complexity index is 1240. The molecule has 4 aromatic rings. The number of ether oxygens (including phenoxy) is 1. The first kappa shape index (κ1) is 18.3. The second-order valence-corrected chi connectivity index (χ2v) is 8.36. The van der Waals surface area contributed by atoms with Gasteiger partial charge in [0.05, 0.1) is 0 Å². The first-order valence-electron chi connectivity index (χ1n) is 9.49. The molecule has 4 aromatic carbocycles. The lowest BCUT2D eigenvalue weighted by Gasteiger charge is -2.35. The summed E-state index contributed by atoms with van der Waals surface area (Å²) in [6.07, 6.45) is 2.20. The molecular formula is C26H18Cl2O. The van der Waals surface area contributed by atoms with E-state index in [1.807, 2.05) is 36.4 Å². The third-order valence-electron chi connectivity index (χ3n) is 5.62. The quantitative estimate of drug-likeness (QED) is 0.322. The number of benzene rings is 4. The molecule has 0 saturated heterocycles. The van der Waals surface area contributed by atoms with Crippen LogP contribution in [0.25, 0.3) is 16.5 Å². The van der Waals surface area contributed by atoms with Gasteiger partial charge in [0.25, 0.3) is 0 Å². The van der Waals surface area contributed by atoms with Gasteiger partial charge < -0.3 is 4.74 Å². The highest BCUT2D eigenvalue weighted by atomic mass is 35.5. The molecule has 0 radical (unpaired) electrons. The van der Waals surface area contributed by atoms with Crippen molar-refractivity contribution in [2.75, 3.05) is 0 Å². The highest BCUT2D eigenvalue weighted by Crippen LogP contribution is 2.48. The monoisotopic (exact) mass is 416 g/mol. The number of hydrogen-bond donors (Lipinski definition) is 0. The lowest BCUT2D eigenvalue weighted by molar-refractivity contribution is 0.472. The van der Waals surface area contributed by atoms with Gasteiger partial charge in [-0.1, -0.05) is 65.7 Å². The Morgan fingerprint density at radius 3 is 2.10 bits per heavy atom. The van der Waals surface area contributed by atoms with Crippen LogP contribution < -0.4 is 4.74 Å². The van der Waals surface area contributed by atoms with Crippen molar-refractivity contribution in [3.8, 4) is 5.75 Å². The van der Waals surface area contributed by atoms with Crippen LogP contribution in [0, 0.1) is 0 Å². The number of allylic oxidation sites excluding steroid dienone is 1. The zero-order chi connectivity index (χ0) is 20.0. The summed E-state index contributed by atoms with van der Waals surface area (Å²) < 4.78 is 6.40. The van der Waals surface area contributed by atoms with Gasteiger partial charge in [-0.2, -0.15) is 0 Å². The molecule has 0 saturated carbocycles. The fraction of sp³-hybridized carbons (Fsp3) is 0.0769. The van der Waals surface area contributed by atoms with E-state index in [0.717, 1.165) is 33.2 Å². The van der Waals surface area contributed by atoms with Crippen molar-refractivity contribution in [3.63, 3.8) is 0 Å². The van der Waals surface area contributed by atoms with E-state index in [9.17, 15) is 0 Å². The molecule has 0 aromatic heterocycles. The Labute approximate surface area is 180 Å². The molecule has 1 aliphatic heterocycles. The van der Waals surface area contributed by atoms with Gasteiger partial charge in [0.1, 0.15) is 11.5 Å². The Morgan fingerprint density at radius 1 is 0.724 bits per heavy atom. The molecule has 1 unspecified atom stereocenters. The van der Waals surface area contributed by atoms with E-state index in [0.29, 0.717) is 5.02 Å². The highest BCUT2D eigenvalue weighted by Gasteiger charge is 2.36. The molecule has 5 rings (SSSR count). The van der Waals surface area contributed by atoms with Crippen LogP contribution in [0.3, 0.4) is 0 Å². The summed E-state index contributed by atoms with van der Waals surface area (Å²) >= 11 is 12.3. The van der Waals surface area contributed by atoms with Crippen molar-refractivity contribution in [3.05, 3.63) is 118 Å². The minimum absolute atomic E-state index is 0.381. The molecule has 1 atom stereocenters. The summed E-state index contributed by atoms with van der Waals surface area (Å²) in [5, 5.41) is 3.81. The SMILES string of the molecule is CC1(c2ccc(Cl)cc2)C=C(c2ccc(Cl)cc2)Oc2ccc3ccccc3c21. The molecule has 1 nitrogen and oxygen atoms in total. The third-order valence-corrected chi connectivity index (χ3v) is 6.13. The van der Waals surface area contributed by atoms with Gasteiger partial charge in [-0.15, -0.1) is 0 Å². The molecular weight excluding hydrogens is 399 g/mol. The van der Waals surface area contributed by atoms with E-state index in [2.05, 4.69) is 61.5 Å². The molecule has 0 amide bonds. The van der Waals surface area contributed by atoms with Crippen LogP contribution in [0.2, 0.25) is 10.0 Å². The van der Waals surface area contributed by atoms with Crippen LogP contribution in [0.1, 0.15) is 23.6 Å². The molecule has 1 heterocycles. The molecule has 0 bridgehead atoms. The Balaban J connectivity index is 1.79. The van der Waals surface area contributed by atoms with Crippen molar-refractivity contribution in [1.29, 1.82) is 0 Å². The predicted molar refractivity (Wildman–Crippen MR) is 122 cm³/mol. The average Bonchev–Trinajstić information content (AvgIpc) is 2.74. The van der Waals surface area contributed by atoms with E-state index in [1.165, 1.54) is 10.8 Å². The molecule has 0 fully saturated rings. The number of rotatable bonds is 2. The van der Waals surface area contributed by atoms with Gasteiger partial charge in [0.15, 0.2) is 0 Å². The predicted octanol–water partition coefficient (Wildman–Crippen LogP) is 7.89. The lowest BCUT2D eigenvalue weighted by Crippen LogP contribution is -2.26. The standard InChI is InChI=1S/C26H18Cl2O/c1-26(19-9-13-21(28)14-10-19)16-24(18-6-11-20(27)12-7-18)29-23-15-8-17-4-2-3-5-22(17)25(23)26/h2-16H,1H3. The number of hydrogen-bond acceptors (Lipinski definition) is 1. The van der Waals surface area contributed by atoms with Crippen molar-refractivity contribution in [1.82, 2.24) is 0 Å². The summed E-state index contributed by atoms with van der Waals surface area (Å²) in [7, 11) is 0. The lowest BCUT2D eigenvalue weighted by atomic mass is 9.72. The summed E-state index contributed by atoms with van der Waals surface area (Å²) in [6.45, 7) is 2.24. The maximum atomic E-state index is 6.40. The van der Waals surface area contributed by atoms with Crippen LogP contribution >= 0.6 is 23.2 Å². The van der Waals surface area contributed by atoms with Gasteiger partial charge in [-0.25, -0.2) is 0 Å². The molecule has 29 heavy (non-hydrogen) atoms. The Morgan fingerprint density at radius 2 is 1.38 bits per heavy atom. The third kappa shape index (κ3) is 3.11. The number of halogens is 2. The topological polar surface area (TPSA) is 9.23 Å². The largest absolute Gasteiger partial charge is 0.457 e. The molecule has 0 aliphatic carbocycles. The minimum Gasteiger partial charge on any atom is -0.457 e. The van der Waals surface area contributed by atoms with Gasteiger partial charge in [-0.3, -0.25) is 0 Å². The normalized spacial score (nSPS) is 18.1. The smallest absolute Gasteiger partial charge is 0.132 e. The van der Waals surface area contributed by atoms with Crippen LogP contribution in [-0.4, -0.2) is 0 Å². The van der Waals surface area contributed by atoms with E-state index in [4.69, 9.17) is 27.9 Å². The van der Waals surface area contributed by atoms with E-state index < -0.39 is 0 Å². The van der Waals surface area contributed by atoms with E-state index in [-0.39, 0.29) is 5.41 Å². The summed E-state index contributed by atoms with van der Waals surface area (Å²) in [5.41, 5.74) is 2.94. The number of fused-ring (bicyclic) bond motifs is 3. The second kappa shape index (κ2) is 6.95. The average molecular weight is 417 g/mol. The zero-order valence-corrected chi connectivity index (χ0v) is 17.3. The van der Waals surface area contributed by atoms with E-state index >= 15 is 0 Å². The van der Waals surface area contributed by atoms with Crippen LogP contribution in [0.15, 0.2) is 91.0 Å². The zero-order valence-electron chi connectivity index (χ0n) is 15.8. The summed E-state index contributed by atoms with van der Waals surface area (Å²) in [5.74, 6) is 1.69. The van der Waals surface area contributed by atoms with Gasteiger partial charge in [-0.05, 0) is 71.8 Å². The Hall–Kier alpha value is -2.74. The molecule has 0 spiro atoms. The van der Waals surface area contributed by atoms with E-state index in [1.54, 1.807) is 0 Å². The highest BCUT2D eigenvalue weighted by molar-refractivity contribution is 6.30. The van der Waals surface area contributed by atoms with Gasteiger partial charge >= 0.3 is 0 Å². The van der Waals surface area contributed by atoms with Gasteiger partial charge in [0, 0.05) is 26.6 Å². The summed E-state index contributed by atoms with van der Waals surface area (Å²) in [4.78, 5) is 0. The molecule has 0 N–H and O–H groups in total. The summed E-state index contributed by atoms with van der Waals surface area (Å²) in [6, 6.07) is 28.4. The van der Waals surface area contributed by atoms with Crippen LogP contribution in [-0.2, 0) is 5.41 Å². The molecule has 1 aliphatic rings. The van der Waals surface area contributed by atoms with Crippen molar-refractivity contribution in [2.24, 2.45) is 0 Å². The maximum Gasteiger partial charge on any atom is 0.132 e. The molecule has 142 valence electrons. The first-order chi connectivity index (χ1) is 14.0. The van der Waals surface area contributed by atoms with Crippen molar-refractivity contribution in [2.45, 2.75) is 12.3 Å². The van der Waals surface area contributed by atoms with Crippen LogP contribution in [0.4, 0.5) is 0 Å². The second-order valence-electron chi connectivity index (χ2n) is 7.49.